The van der Waals surface area contributed by atoms with Crippen LogP contribution < -0.4 is 10.5 Å². The van der Waals surface area contributed by atoms with Gasteiger partial charge < -0.3 is 9.32 Å². The first kappa shape index (κ1) is 19.4. The fourth-order valence-electron chi connectivity index (χ4n) is 3.25. The van der Waals surface area contributed by atoms with E-state index in [4.69, 9.17) is 4.42 Å². The molecule has 29 heavy (non-hydrogen) atoms. The first-order valence-electron chi connectivity index (χ1n) is 9.11. The molecule has 2 aromatic heterocycles. The third kappa shape index (κ3) is 3.60. The highest BCUT2D eigenvalue weighted by atomic mass is 32.1. The Bertz CT molecular complexity index is 1260. The molecule has 0 aliphatic rings. The van der Waals surface area contributed by atoms with Crippen molar-refractivity contribution in [3.05, 3.63) is 58.4 Å². The van der Waals surface area contributed by atoms with Gasteiger partial charge in [-0.1, -0.05) is 0 Å². The predicted molar refractivity (Wildman–Crippen MR) is 110 cm³/mol. The van der Waals surface area contributed by atoms with Gasteiger partial charge in [0.15, 0.2) is 0 Å². The van der Waals surface area contributed by atoms with Gasteiger partial charge >= 0.3 is 11.8 Å². The van der Waals surface area contributed by atoms with Crippen molar-refractivity contribution in [2.75, 3.05) is 18.0 Å². The topological polar surface area (TPSA) is 46.3 Å². The number of rotatable bonds is 4. The highest BCUT2D eigenvalue weighted by molar-refractivity contribution is 7.21. The number of aromatic nitrogens is 1. The molecule has 4 rings (SSSR count). The number of alkyl halides is 3. The van der Waals surface area contributed by atoms with Crippen molar-refractivity contribution >= 4 is 38.2 Å². The minimum absolute atomic E-state index is 0.205. The number of hydrogen-bond donors (Lipinski definition) is 0. The van der Waals surface area contributed by atoms with E-state index in [1.807, 2.05) is 32.0 Å². The summed E-state index contributed by atoms with van der Waals surface area (Å²) < 4.78 is 44.9. The number of thiazole rings is 1. The molecule has 2 aromatic carbocycles. The second kappa shape index (κ2) is 7.18. The molecule has 0 atom stereocenters. The van der Waals surface area contributed by atoms with Crippen LogP contribution in [0.4, 0.5) is 18.9 Å². The molecule has 0 unspecified atom stereocenters. The number of nitrogens with zero attached hydrogens (tertiary/aromatic N) is 2. The van der Waals surface area contributed by atoms with Gasteiger partial charge in [-0.2, -0.15) is 13.2 Å². The molecule has 0 aliphatic carbocycles. The summed E-state index contributed by atoms with van der Waals surface area (Å²) in [5.74, 6) is 0. The molecule has 0 radical (unpaired) electrons. The maximum Gasteiger partial charge on any atom is 0.416 e. The maximum atomic E-state index is 12.9. The average molecular weight is 418 g/mol. The lowest BCUT2D eigenvalue weighted by Gasteiger charge is -2.20. The molecule has 4 aromatic rings. The van der Waals surface area contributed by atoms with E-state index in [1.54, 1.807) is 6.07 Å². The highest BCUT2D eigenvalue weighted by Gasteiger charge is 2.31. The van der Waals surface area contributed by atoms with Crippen molar-refractivity contribution in [1.29, 1.82) is 0 Å². The molecule has 0 bridgehead atoms. The number of anilines is 1. The Labute approximate surface area is 168 Å². The monoisotopic (exact) mass is 418 g/mol. The van der Waals surface area contributed by atoms with E-state index in [-0.39, 0.29) is 11.1 Å². The Morgan fingerprint density at radius 2 is 1.83 bits per heavy atom. The Morgan fingerprint density at radius 1 is 1.07 bits per heavy atom. The number of fused-ring (bicyclic) bond motifs is 2. The van der Waals surface area contributed by atoms with E-state index >= 15 is 0 Å². The Morgan fingerprint density at radius 3 is 2.52 bits per heavy atom. The Balaban J connectivity index is 1.80. The first-order valence-corrected chi connectivity index (χ1v) is 9.92. The lowest BCUT2D eigenvalue weighted by Crippen LogP contribution is -2.21. The van der Waals surface area contributed by atoms with Crippen LogP contribution in [0.15, 0.2) is 51.7 Å². The van der Waals surface area contributed by atoms with Crippen molar-refractivity contribution in [3.8, 4) is 10.6 Å². The smallest absolute Gasteiger partial charge is 0.416 e. The molecule has 150 valence electrons. The van der Waals surface area contributed by atoms with Gasteiger partial charge in [-0.25, -0.2) is 9.78 Å². The van der Waals surface area contributed by atoms with Crippen LogP contribution in [0.3, 0.4) is 0 Å². The van der Waals surface area contributed by atoms with Gasteiger partial charge in [0.05, 0.1) is 21.3 Å². The van der Waals surface area contributed by atoms with Gasteiger partial charge in [0.1, 0.15) is 10.6 Å². The van der Waals surface area contributed by atoms with E-state index in [0.717, 1.165) is 47.6 Å². The second-order valence-corrected chi connectivity index (χ2v) is 7.57. The molecule has 0 fully saturated rings. The first-order chi connectivity index (χ1) is 13.8. The summed E-state index contributed by atoms with van der Waals surface area (Å²) in [6.07, 6.45) is -4.44. The molecule has 0 aliphatic heterocycles. The minimum Gasteiger partial charge on any atom is -0.422 e. The summed E-state index contributed by atoms with van der Waals surface area (Å²) in [6, 6.07) is 10.7. The summed E-state index contributed by atoms with van der Waals surface area (Å²) in [7, 11) is 0. The van der Waals surface area contributed by atoms with Crippen LogP contribution in [-0.2, 0) is 6.18 Å². The summed E-state index contributed by atoms with van der Waals surface area (Å²) in [6.45, 7) is 5.75. The van der Waals surface area contributed by atoms with Crippen LogP contribution in [0.2, 0.25) is 0 Å². The average Bonchev–Trinajstić information content (AvgIpc) is 3.10. The Hall–Kier alpha value is -2.87. The lowest BCUT2D eigenvalue weighted by molar-refractivity contribution is -0.137. The summed E-state index contributed by atoms with van der Waals surface area (Å²) in [5, 5.41) is 1.06. The van der Waals surface area contributed by atoms with Crippen molar-refractivity contribution in [2.45, 2.75) is 20.0 Å². The van der Waals surface area contributed by atoms with Crippen LogP contribution >= 0.6 is 11.3 Å². The zero-order chi connectivity index (χ0) is 20.8. The molecular weight excluding hydrogens is 401 g/mol. The largest absolute Gasteiger partial charge is 0.422 e. The SMILES string of the molecule is CCN(CC)c1ccc2cc(-c3nc4cc(C(F)(F)F)ccc4s3)c(=O)oc2c1. The van der Waals surface area contributed by atoms with E-state index in [0.29, 0.717) is 15.3 Å². The van der Waals surface area contributed by atoms with Gasteiger partial charge in [-0.15, -0.1) is 11.3 Å². The van der Waals surface area contributed by atoms with Gasteiger partial charge in [-0.05, 0) is 50.2 Å². The number of benzene rings is 2. The standard InChI is InChI=1S/C21H17F3N2O2S/c1-3-26(4-2)14-7-5-12-9-15(20(27)28-17(12)11-14)19-25-16-10-13(21(22,23)24)6-8-18(16)29-19/h5-11H,3-4H2,1-2H3. The van der Waals surface area contributed by atoms with Crippen molar-refractivity contribution in [1.82, 2.24) is 4.98 Å². The quantitative estimate of drug-likeness (QED) is 0.385. The molecule has 4 nitrogen and oxygen atoms in total. The number of halogens is 3. The molecule has 0 saturated heterocycles. The van der Waals surface area contributed by atoms with Gasteiger partial charge in [0.2, 0.25) is 0 Å². The maximum absolute atomic E-state index is 12.9. The van der Waals surface area contributed by atoms with Crippen molar-refractivity contribution < 1.29 is 17.6 Å². The van der Waals surface area contributed by atoms with Crippen LogP contribution in [0, 0.1) is 0 Å². The second-order valence-electron chi connectivity index (χ2n) is 6.54. The third-order valence-electron chi connectivity index (χ3n) is 4.79. The van der Waals surface area contributed by atoms with E-state index in [1.165, 1.54) is 6.07 Å². The van der Waals surface area contributed by atoms with Crippen molar-refractivity contribution in [3.63, 3.8) is 0 Å². The minimum atomic E-state index is -4.44. The normalized spacial score (nSPS) is 12.0. The Kier molecular flexibility index (Phi) is 4.82. The van der Waals surface area contributed by atoms with Crippen LogP contribution in [0.1, 0.15) is 19.4 Å². The van der Waals surface area contributed by atoms with Crippen LogP contribution in [0.5, 0.6) is 0 Å². The molecule has 0 amide bonds. The van der Waals surface area contributed by atoms with Gasteiger partial charge in [0, 0.05) is 30.2 Å². The fraction of sp³-hybridized carbons (Fsp3) is 0.238. The van der Waals surface area contributed by atoms with E-state index in [2.05, 4.69) is 9.88 Å². The molecular formula is C21H17F3N2O2S. The predicted octanol–water partition coefficient (Wildman–Crippen LogP) is 5.93. The summed E-state index contributed by atoms with van der Waals surface area (Å²) >= 11 is 1.16. The lowest BCUT2D eigenvalue weighted by atomic mass is 10.1. The zero-order valence-corrected chi connectivity index (χ0v) is 16.5. The van der Waals surface area contributed by atoms with Crippen molar-refractivity contribution in [2.24, 2.45) is 0 Å². The molecule has 2 heterocycles. The zero-order valence-electron chi connectivity index (χ0n) is 15.7. The third-order valence-corrected chi connectivity index (χ3v) is 5.86. The summed E-state index contributed by atoms with van der Waals surface area (Å²) in [4.78, 5) is 18.9. The van der Waals surface area contributed by atoms with Gasteiger partial charge in [0.25, 0.3) is 0 Å². The molecule has 0 N–H and O–H groups in total. The molecule has 8 heteroatoms. The molecule has 0 saturated carbocycles. The van der Waals surface area contributed by atoms with E-state index in [9.17, 15) is 18.0 Å². The van der Waals surface area contributed by atoms with Crippen LogP contribution in [-0.4, -0.2) is 18.1 Å². The fourth-order valence-corrected chi connectivity index (χ4v) is 4.20. The molecule has 0 spiro atoms. The van der Waals surface area contributed by atoms with Crippen LogP contribution in [0.25, 0.3) is 31.8 Å². The highest BCUT2D eigenvalue weighted by Crippen LogP contribution is 2.35. The summed E-state index contributed by atoms with van der Waals surface area (Å²) in [5.41, 5.74) is 0.529. The van der Waals surface area contributed by atoms with Gasteiger partial charge in [-0.3, -0.25) is 0 Å². The number of hydrogen-bond acceptors (Lipinski definition) is 5. The van der Waals surface area contributed by atoms with E-state index < -0.39 is 17.4 Å².